The Bertz CT molecular complexity index is 429. The predicted molar refractivity (Wildman–Crippen MR) is 61.4 cm³/mol. The molecule has 0 amide bonds. The summed E-state index contributed by atoms with van der Waals surface area (Å²) in [5.74, 6) is 1.56. The van der Waals surface area contributed by atoms with Gasteiger partial charge in [-0.25, -0.2) is 9.97 Å². The number of hydrogen-bond donors (Lipinski definition) is 0. The van der Waals surface area contributed by atoms with Crippen molar-refractivity contribution in [1.29, 1.82) is 0 Å². The highest BCUT2D eigenvalue weighted by Gasteiger charge is 2.08. The number of hydrogen-bond acceptors (Lipinski definition) is 4. The minimum absolute atomic E-state index is 0.603. The number of aromatic nitrogens is 2. The van der Waals surface area contributed by atoms with Crippen LogP contribution in [0.5, 0.6) is 0 Å². The standard InChI is InChI=1S/C9H10ClN3S/c1-13(4-3-10)8-7-2-5-14-9(7)12-6-11-8/h2,5-6H,3-4H2,1H3. The molecule has 0 aromatic carbocycles. The van der Waals surface area contributed by atoms with E-state index in [0.29, 0.717) is 5.88 Å². The highest BCUT2D eigenvalue weighted by molar-refractivity contribution is 7.16. The zero-order chi connectivity index (χ0) is 9.97. The van der Waals surface area contributed by atoms with Gasteiger partial charge in [0.15, 0.2) is 0 Å². The Kier molecular flexibility index (Phi) is 2.84. The maximum atomic E-state index is 5.69. The van der Waals surface area contributed by atoms with E-state index in [9.17, 15) is 0 Å². The fourth-order valence-corrected chi connectivity index (χ4v) is 2.29. The van der Waals surface area contributed by atoms with Gasteiger partial charge < -0.3 is 4.90 Å². The Morgan fingerprint density at radius 2 is 2.36 bits per heavy atom. The lowest BCUT2D eigenvalue weighted by molar-refractivity contribution is 0.945. The van der Waals surface area contributed by atoms with Gasteiger partial charge in [-0.15, -0.1) is 22.9 Å². The van der Waals surface area contributed by atoms with E-state index in [1.807, 2.05) is 23.4 Å². The summed E-state index contributed by atoms with van der Waals surface area (Å²) < 4.78 is 0. The van der Waals surface area contributed by atoms with Crippen LogP contribution in [0.25, 0.3) is 10.2 Å². The summed E-state index contributed by atoms with van der Waals surface area (Å²) in [6.45, 7) is 0.795. The molecule has 0 unspecified atom stereocenters. The number of fused-ring (bicyclic) bond motifs is 1. The molecule has 2 aromatic rings. The van der Waals surface area contributed by atoms with Crippen molar-refractivity contribution >= 4 is 39.0 Å². The fraction of sp³-hybridized carbons (Fsp3) is 0.333. The molecule has 0 saturated carbocycles. The predicted octanol–water partition coefficient (Wildman–Crippen LogP) is 2.37. The van der Waals surface area contributed by atoms with E-state index in [1.54, 1.807) is 17.7 Å². The van der Waals surface area contributed by atoms with E-state index in [2.05, 4.69) is 9.97 Å². The van der Waals surface area contributed by atoms with E-state index in [0.717, 1.165) is 22.6 Å². The van der Waals surface area contributed by atoms with Crippen LogP contribution in [0.3, 0.4) is 0 Å². The molecule has 2 heterocycles. The van der Waals surface area contributed by atoms with Gasteiger partial charge in [-0.2, -0.15) is 0 Å². The van der Waals surface area contributed by atoms with E-state index in [4.69, 9.17) is 11.6 Å². The van der Waals surface area contributed by atoms with Gasteiger partial charge in [-0.3, -0.25) is 0 Å². The number of halogens is 1. The topological polar surface area (TPSA) is 29.0 Å². The molecule has 0 N–H and O–H groups in total. The van der Waals surface area contributed by atoms with E-state index >= 15 is 0 Å². The average Bonchev–Trinajstić information content (AvgIpc) is 2.65. The van der Waals surface area contributed by atoms with Crippen molar-refractivity contribution in [3.8, 4) is 0 Å². The van der Waals surface area contributed by atoms with Crippen LogP contribution in [0.2, 0.25) is 0 Å². The lowest BCUT2D eigenvalue weighted by Gasteiger charge is -2.16. The first-order chi connectivity index (χ1) is 6.83. The number of nitrogens with zero attached hydrogens (tertiary/aromatic N) is 3. The summed E-state index contributed by atoms with van der Waals surface area (Å²) >= 11 is 7.32. The monoisotopic (exact) mass is 227 g/mol. The molecule has 2 aromatic heterocycles. The SMILES string of the molecule is CN(CCCl)c1ncnc2sccc12. The number of rotatable bonds is 3. The first-order valence-corrected chi connectivity index (χ1v) is 5.69. The van der Waals surface area contributed by atoms with Gasteiger partial charge in [-0.1, -0.05) is 0 Å². The summed E-state index contributed by atoms with van der Waals surface area (Å²) in [7, 11) is 1.99. The quantitative estimate of drug-likeness (QED) is 0.754. The Morgan fingerprint density at radius 3 is 3.14 bits per heavy atom. The van der Waals surface area contributed by atoms with Gasteiger partial charge in [0.1, 0.15) is 17.0 Å². The molecule has 5 heteroatoms. The lowest BCUT2D eigenvalue weighted by atomic mass is 10.3. The van der Waals surface area contributed by atoms with Crippen LogP contribution in [-0.2, 0) is 0 Å². The van der Waals surface area contributed by atoms with Crippen LogP contribution in [0.1, 0.15) is 0 Å². The van der Waals surface area contributed by atoms with Crippen molar-refractivity contribution in [2.45, 2.75) is 0 Å². The zero-order valence-electron chi connectivity index (χ0n) is 7.77. The first-order valence-electron chi connectivity index (χ1n) is 4.28. The smallest absolute Gasteiger partial charge is 0.140 e. The van der Waals surface area contributed by atoms with Gasteiger partial charge >= 0.3 is 0 Å². The molecule has 3 nitrogen and oxygen atoms in total. The summed E-state index contributed by atoms with van der Waals surface area (Å²) in [6.07, 6.45) is 1.60. The second-order valence-corrected chi connectivity index (χ2v) is 4.22. The van der Waals surface area contributed by atoms with Crippen LogP contribution in [0.4, 0.5) is 5.82 Å². The van der Waals surface area contributed by atoms with Crippen LogP contribution in [-0.4, -0.2) is 29.4 Å². The molecular formula is C9H10ClN3S. The zero-order valence-corrected chi connectivity index (χ0v) is 9.35. The van der Waals surface area contributed by atoms with Gasteiger partial charge in [0, 0.05) is 19.5 Å². The van der Waals surface area contributed by atoms with Gasteiger partial charge in [0.05, 0.1) is 5.39 Å². The van der Waals surface area contributed by atoms with Crippen LogP contribution >= 0.6 is 22.9 Å². The minimum atomic E-state index is 0.603. The van der Waals surface area contributed by atoms with Crippen LogP contribution < -0.4 is 4.90 Å². The van der Waals surface area contributed by atoms with Crippen molar-refractivity contribution in [2.75, 3.05) is 24.4 Å². The van der Waals surface area contributed by atoms with Crippen molar-refractivity contribution in [3.63, 3.8) is 0 Å². The third-order valence-corrected chi connectivity index (χ3v) is 3.01. The van der Waals surface area contributed by atoms with E-state index in [-0.39, 0.29) is 0 Å². The maximum absolute atomic E-state index is 5.69. The van der Waals surface area contributed by atoms with Gasteiger partial charge in [0.25, 0.3) is 0 Å². The first kappa shape index (κ1) is 9.68. The Morgan fingerprint density at radius 1 is 1.50 bits per heavy atom. The summed E-state index contributed by atoms with van der Waals surface area (Å²) in [6, 6.07) is 2.04. The Balaban J connectivity index is 2.45. The normalized spacial score (nSPS) is 10.7. The van der Waals surface area contributed by atoms with Crippen molar-refractivity contribution in [3.05, 3.63) is 17.8 Å². The second-order valence-electron chi connectivity index (χ2n) is 2.95. The van der Waals surface area contributed by atoms with Crippen molar-refractivity contribution in [1.82, 2.24) is 9.97 Å². The van der Waals surface area contributed by atoms with Crippen molar-refractivity contribution in [2.24, 2.45) is 0 Å². The molecule has 74 valence electrons. The van der Waals surface area contributed by atoms with Crippen LogP contribution in [0, 0.1) is 0 Å². The molecule has 0 atom stereocenters. The van der Waals surface area contributed by atoms with Gasteiger partial charge in [-0.05, 0) is 11.4 Å². The maximum Gasteiger partial charge on any atom is 0.140 e. The molecule has 0 aliphatic carbocycles. The summed E-state index contributed by atoms with van der Waals surface area (Å²) in [5.41, 5.74) is 0. The lowest BCUT2D eigenvalue weighted by Crippen LogP contribution is -2.20. The molecular weight excluding hydrogens is 218 g/mol. The summed E-state index contributed by atoms with van der Waals surface area (Å²) in [5, 5.41) is 3.13. The molecule has 0 bridgehead atoms. The Labute approximate surface area is 91.4 Å². The van der Waals surface area contributed by atoms with Gasteiger partial charge in [0.2, 0.25) is 0 Å². The Hall–Kier alpha value is -0.870. The van der Waals surface area contributed by atoms with Crippen molar-refractivity contribution < 1.29 is 0 Å². The largest absolute Gasteiger partial charge is 0.358 e. The number of alkyl halides is 1. The van der Waals surface area contributed by atoms with E-state index in [1.165, 1.54) is 0 Å². The van der Waals surface area contributed by atoms with E-state index < -0.39 is 0 Å². The minimum Gasteiger partial charge on any atom is -0.358 e. The highest BCUT2D eigenvalue weighted by atomic mass is 35.5. The second kappa shape index (κ2) is 4.11. The highest BCUT2D eigenvalue weighted by Crippen LogP contribution is 2.25. The molecule has 0 aliphatic heterocycles. The fourth-order valence-electron chi connectivity index (χ4n) is 1.31. The summed E-state index contributed by atoms with van der Waals surface area (Å²) in [4.78, 5) is 11.5. The third-order valence-electron chi connectivity index (χ3n) is 2.02. The van der Waals surface area contributed by atoms with Crippen LogP contribution in [0.15, 0.2) is 17.8 Å². The third kappa shape index (κ3) is 1.67. The number of anilines is 1. The molecule has 0 saturated heterocycles. The molecule has 2 rings (SSSR count). The molecule has 0 radical (unpaired) electrons. The average molecular weight is 228 g/mol. The number of thiophene rings is 1. The molecule has 0 aliphatic rings. The molecule has 0 fully saturated rings. The molecule has 14 heavy (non-hydrogen) atoms. The molecule has 0 spiro atoms.